The van der Waals surface area contributed by atoms with E-state index in [0.29, 0.717) is 25.1 Å². The standard InChI is InChI=1S/C20H26N4O2S/c25-19(7-12-23-20(26)16-8-13-27-15-16)24(14-17-4-1-2-10-22-17)18-5-3-9-21-11-6-18/h1-2,4,8,10,13,15,18,21H,3,5-7,9,11-12,14H2,(H,23,26). The van der Waals surface area contributed by atoms with E-state index in [9.17, 15) is 9.59 Å². The molecule has 3 heterocycles. The number of pyridine rings is 1. The summed E-state index contributed by atoms with van der Waals surface area (Å²) in [6.07, 6.45) is 5.05. The van der Waals surface area contributed by atoms with Crippen molar-refractivity contribution in [2.24, 2.45) is 0 Å². The number of amides is 2. The minimum atomic E-state index is -0.126. The molecule has 0 aromatic carbocycles. The van der Waals surface area contributed by atoms with Crippen LogP contribution in [0.25, 0.3) is 0 Å². The summed E-state index contributed by atoms with van der Waals surface area (Å²) in [6.45, 7) is 2.78. The zero-order valence-electron chi connectivity index (χ0n) is 15.4. The Labute approximate surface area is 164 Å². The number of nitrogens with one attached hydrogen (secondary N) is 2. The number of aromatic nitrogens is 1. The predicted molar refractivity (Wildman–Crippen MR) is 107 cm³/mol. The largest absolute Gasteiger partial charge is 0.351 e. The summed E-state index contributed by atoms with van der Waals surface area (Å²) >= 11 is 1.49. The Hall–Kier alpha value is -2.25. The maximum Gasteiger partial charge on any atom is 0.252 e. The van der Waals surface area contributed by atoms with Crippen molar-refractivity contribution >= 4 is 23.2 Å². The molecule has 1 aliphatic rings. The van der Waals surface area contributed by atoms with E-state index in [1.807, 2.05) is 33.9 Å². The minimum absolute atomic E-state index is 0.0678. The molecule has 3 rings (SSSR count). The first-order valence-electron chi connectivity index (χ1n) is 9.44. The Morgan fingerprint density at radius 1 is 1.26 bits per heavy atom. The molecule has 1 atom stereocenters. The smallest absolute Gasteiger partial charge is 0.252 e. The molecule has 2 aromatic heterocycles. The van der Waals surface area contributed by atoms with E-state index in [4.69, 9.17) is 0 Å². The van der Waals surface area contributed by atoms with Gasteiger partial charge in [-0.25, -0.2) is 0 Å². The number of hydrogen-bond donors (Lipinski definition) is 2. The van der Waals surface area contributed by atoms with Crippen molar-refractivity contribution in [3.05, 3.63) is 52.5 Å². The molecule has 0 aliphatic carbocycles. The van der Waals surface area contributed by atoms with Gasteiger partial charge in [0.1, 0.15) is 0 Å². The second-order valence-electron chi connectivity index (χ2n) is 6.70. The summed E-state index contributed by atoms with van der Waals surface area (Å²) in [6, 6.07) is 7.77. The molecule has 1 saturated heterocycles. The second-order valence-corrected chi connectivity index (χ2v) is 7.48. The van der Waals surface area contributed by atoms with Gasteiger partial charge >= 0.3 is 0 Å². The first-order valence-corrected chi connectivity index (χ1v) is 10.4. The summed E-state index contributed by atoms with van der Waals surface area (Å²) < 4.78 is 0. The maximum atomic E-state index is 13.0. The molecule has 1 fully saturated rings. The molecule has 144 valence electrons. The lowest BCUT2D eigenvalue weighted by Crippen LogP contribution is -2.42. The number of hydrogen-bond acceptors (Lipinski definition) is 5. The van der Waals surface area contributed by atoms with Crippen molar-refractivity contribution in [2.45, 2.75) is 38.3 Å². The number of carbonyl (C=O) groups excluding carboxylic acids is 2. The van der Waals surface area contributed by atoms with Gasteiger partial charge in [0, 0.05) is 36.1 Å². The van der Waals surface area contributed by atoms with E-state index < -0.39 is 0 Å². The molecular formula is C20H26N4O2S. The van der Waals surface area contributed by atoms with Crippen LogP contribution < -0.4 is 10.6 Å². The normalized spacial score (nSPS) is 17.1. The molecule has 2 aromatic rings. The Morgan fingerprint density at radius 3 is 2.96 bits per heavy atom. The van der Waals surface area contributed by atoms with Gasteiger partial charge < -0.3 is 15.5 Å². The van der Waals surface area contributed by atoms with Crippen LogP contribution in [0.5, 0.6) is 0 Å². The lowest BCUT2D eigenvalue weighted by Gasteiger charge is -2.31. The van der Waals surface area contributed by atoms with Gasteiger partial charge in [-0.15, -0.1) is 0 Å². The van der Waals surface area contributed by atoms with Crippen LogP contribution in [0.4, 0.5) is 0 Å². The number of rotatable bonds is 7. The topological polar surface area (TPSA) is 74.3 Å². The SMILES string of the molecule is O=C(NCCC(=O)N(Cc1ccccn1)C1CCCNCC1)c1ccsc1. The fourth-order valence-corrected chi connectivity index (χ4v) is 3.96. The molecule has 6 nitrogen and oxygen atoms in total. The van der Waals surface area contributed by atoms with Crippen LogP contribution in [-0.2, 0) is 11.3 Å². The molecule has 27 heavy (non-hydrogen) atoms. The molecule has 7 heteroatoms. The van der Waals surface area contributed by atoms with Crippen LogP contribution in [0.15, 0.2) is 41.2 Å². The van der Waals surface area contributed by atoms with Crippen molar-refractivity contribution in [3.8, 4) is 0 Å². The van der Waals surface area contributed by atoms with Crippen LogP contribution >= 0.6 is 11.3 Å². The Bertz CT molecular complexity index is 713. The Balaban J connectivity index is 1.60. The minimum Gasteiger partial charge on any atom is -0.351 e. The van der Waals surface area contributed by atoms with E-state index in [1.54, 1.807) is 12.3 Å². The van der Waals surface area contributed by atoms with Gasteiger partial charge in [-0.1, -0.05) is 6.07 Å². The highest BCUT2D eigenvalue weighted by Gasteiger charge is 2.25. The van der Waals surface area contributed by atoms with Crippen molar-refractivity contribution in [1.29, 1.82) is 0 Å². The first kappa shape index (κ1) is 19.5. The molecule has 0 bridgehead atoms. The van der Waals surface area contributed by atoms with E-state index in [1.165, 1.54) is 11.3 Å². The third-order valence-corrected chi connectivity index (χ3v) is 5.46. The summed E-state index contributed by atoms with van der Waals surface area (Å²) in [7, 11) is 0. The van der Waals surface area contributed by atoms with Gasteiger partial charge in [-0.05, 0) is 55.9 Å². The molecule has 0 radical (unpaired) electrons. The lowest BCUT2D eigenvalue weighted by molar-refractivity contribution is -0.134. The Morgan fingerprint density at radius 2 is 2.19 bits per heavy atom. The fourth-order valence-electron chi connectivity index (χ4n) is 3.32. The zero-order chi connectivity index (χ0) is 18.9. The fraction of sp³-hybridized carbons (Fsp3) is 0.450. The molecule has 0 spiro atoms. The van der Waals surface area contributed by atoms with Crippen LogP contribution in [0.1, 0.15) is 41.7 Å². The van der Waals surface area contributed by atoms with Crippen molar-refractivity contribution in [3.63, 3.8) is 0 Å². The molecule has 1 aliphatic heterocycles. The summed E-state index contributed by atoms with van der Waals surface area (Å²) in [5.74, 6) is -0.0582. The zero-order valence-corrected chi connectivity index (χ0v) is 16.2. The first-order chi connectivity index (χ1) is 13.2. The molecule has 1 unspecified atom stereocenters. The van der Waals surface area contributed by atoms with E-state index in [0.717, 1.165) is 38.0 Å². The van der Waals surface area contributed by atoms with E-state index in [2.05, 4.69) is 15.6 Å². The van der Waals surface area contributed by atoms with Gasteiger partial charge in [0.2, 0.25) is 5.91 Å². The van der Waals surface area contributed by atoms with Crippen molar-refractivity contribution in [1.82, 2.24) is 20.5 Å². The van der Waals surface area contributed by atoms with Crippen LogP contribution in [-0.4, -0.2) is 47.4 Å². The van der Waals surface area contributed by atoms with Gasteiger partial charge in [0.25, 0.3) is 5.91 Å². The average molecular weight is 387 g/mol. The average Bonchev–Trinajstić information content (AvgIpc) is 3.10. The highest BCUT2D eigenvalue weighted by atomic mass is 32.1. The van der Waals surface area contributed by atoms with Crippen LogP contribution in [0.3, 0.4) is 0 Å². The lowest BCUT2D eigenvalue weighted by atomic mass is 10.1. The third-order valence-electron chi connectivity index (χ3n) is 4.77. The van der Waals surface area contributed by atoms with Gasteiger partial charge in [-0.3, -0.25) is 14.6 Å². The van der Waals surface area contributed by atoms with Crippen LogP contribution in [0, 0.1) is 0 Å². The number of nitrogens with zero attached hydrogens (tertiary/aromatic N) is 2. The van der Waals surface area contributed by atoms with Crippen molar-refractivity contribution in [2.75, 3.05) is 19.6 Å². The maximum absolute atomic E-state index is 13.0. The van der Waals surface area contributed by atoms with Gasteiger partial charge in [0.15, 0.2) is 0 Å². The quantitative estimate of drug-likeness (QED) is 0.766. The van der Waals surface area contributed by atoms with Gasteiger partial charge in [-0.2, -0.15) is 11.3 Å². The second kappa shape index (κ2) is 10.2. The van der Waals surface area contributed by atoms with E-state index in [-0.39, 0.29) is 17.9 Å². The summed E-state index contributed by atoms with van der Waals surface area (Å²) in [5.41, 5.74) is 1.54. The molecule has 2 amide bonds. The molecule has 0 saturated carbocycles. The molecular weight excluding hydrogens is 360 g/mol. The number of carbonyl (C=O) groups is 2. The predicted octanol–water partition coefficient (Wildman–Crippen LogP) is 2.43. The van der Waals surface area contributed by atoms with Crippen LogP contribution in [0.2, 0.25) is 0 Å². The van der Waals surface area contributed by atoms with E-state index >= 15 is 0 Å². The summed E-state index contributed by atoms with van der Waals surface area (Å²) in [4.78, 5) is 31.3. The van der Waals surface area contributed by atoms with Crippen molar-refractivity contribution < 1.29 is 9.59 Å². The third kappa shape index (κ3) is 5.87. The van der Waals surface area contributed by atoms with Gasteiger partial charge in [0.05, 0.1) is 12.2 Å². The number of thiophene rings is 1. The highest BCUT2D eigenvalue weighted by molar-refractivity contribution is 7.08. The summed E-state index contributed by atoms with van der Waals surface area (Å²) in [5, 5.41) is 9.92. The monoisotopic (exact) mass is 386 g/mol. The highest BCUT2D eigenvalue weighted by Crippen LogP contribution is 2.17. The Kier molecular flexibility index (Phi) is 7.36. The molecule has 2 N–H and O–H groups in total.